The van der Waals surface area contributed by atoms with Crippen molar-refractivity contribution in [2.24, 2.45) is 5.10 Å². The van der Waals surface area contributed by atoms with E-state index >= 15 is 0 Å². The second kappa shape index (κ2) is 3.54. The molecular formula is C16H20N4O. The van der Waals surface area contributed by atoms with Gasteiger partial charge < -0.3 is 4.98 Å². The Labute approximate surface area is 125 Å². The first-order valence-corrected chi connectivity index (χ1v) is 7.46. The van der Waals surface area contributed by atoms with Crippen LogP contribution in [0.1, 0.15) is 44.2 Å². The normalized spacial score (nSPS) is 27.3. The van der Waals surface area contributed by atoms with Gasteiger partial charge in [-0.3, -0.25) is 9.69 Å². The van der Waals surface area contributed by atoms with Crippen LogP contribution in [0.5, 0.6) is 0 Å². The summed E-state index contributed by atoms with van der Waals surface area (Å²) < 4.78 is 0. The van der Waals surface area contributed by atoms with E-state index in [9.17, 15) is 4.79 Å². The molecule has 0 spiro atoms. The third kappa shape index (κ3) is 1.25. The van der Waals surface area contributed by atoms with E-state index in [4.69, 9.17) is 0 Å². The van der Waals surface area contributed by atoms with Crippen molar-refractivity contribution >= 4 is 22.5 Å². The Balaban J connectivity index is 0.000000781. The summed E-state index contributed by atoms with van der Waals surface area (Å²) in [6, 6.07) is 5.86. The highest BCUT2D eigenvalue weighted by Crippen LogP contribution is 2.45. The van der Waals surface area contributed by atoms with Crippen LogP contribution < -0.4 is 5.43 Å². The van der Waals surface area contributed by atoms with Crippen LogP contribution in [0.15, 0.2) is 23.3 Å². The molecule has 21 heavy (non-hydrogen) atoms. The summed E-state index contributed by atoms with van der Waals surface area (Å²) in [7, 11) is 0. The van der Waals surface area contributed by atoms with Crippen LogP contribution in [0.2, 0.25) is 0 Å². The zero-order valence-electron chi connectivity index (χ0n) is 11.9. The number of carbonyl (C=O) groups excluding carboxylic acids is 1. The molecule has 5 rings (SSSR count). The molecule has 1 aromatic heterocycles. The van der Waals surface area contributed by atoms with Gasteiger partial charge in [-0.25, -0.2) is 5.43 Å². The maximum Gasteiger partial charge on any atom is 0.272 e. The van der Waals surface area contributed by atoms with Gasteiger partial charge in [-0.2, -0.15) is 5.10 Å². The van der Waals surface area contributed by atoms with Crippen molar-refractivity contribution in [2.45, 2.75) is 25.3 Å². The van der Waals surface area contributed by atoms with E-state index in [1.807, 2.05) is 12.1 Å². The van der Waals surface area contributed by atoms with Crippen molar-refractivity contribution in [2.75, 3.05) is 13.1 Å². The van der Waals surface area contributed by atoms with Crippen LogP contribution in [0.25, 0.3) is 10.9 Å². The molecule has 5 heteroatoms. The number of H-pyrrole nitrogens is 1. The first-order chi connectivity index (χ1) is 10.2. The summed E-state index contributed by atoms with van der Waals surface area (Å²) in [4.78, 5) is 18.3. The Morgan fingerprint density at radius 2 is 2.33 bits per heavy atom. The molecule has 0 unspecified atom stereocenters. The number of rotatable bonds is 0. The SMILES string of the molecule is C[C@]12CCCN1CC1=NNC(=O)c3cccc4[nH]c2c1c34.[HH].[HH]. The minimum absolute atomic E-state index is 0. The second-order valence-corrected chi connectivity index (χ2v) is 6.40. The number of benzene rings is 1. The molecule has 5 nitrogen and oxygen atoms in total. The number of carbonyl (C=O) groups is 1. The molecule has 2 N–H and O–H groups in total. The first kappa shape index (κ1) is 11.5. The van der Waals surface area contributed by atoms with Gasteiger partial charge in [-0.1, -0.05) is 6.07 Å². The lowest BCUT2D eigenvalue weighted by atomic mass is 9.85. The average Bonchev–Trinajstić information content (AvgIpc) is 3.01. The van der Waals surface area contributed by atoms with Crippen molar-refractivity contribution in [3.8, 4) is 0 Å². The molecule has 2 aromatic rings. The predicted molar refractivity (Wildman–Crippen MR) is 84.7 cm³/mol. The Kier molecular flexibility index (Phi) is 1.94. The number of hydrazone groups is 1. The predicted octanol–water partition coefficient (Wildman–Crippen LogP) is 2.43. The molecule has 3 aliphatic rings. The number of fused-ring (bicyclic) bond motifs is 2. The van der Waals surface area contributed by atoms with Gasteiger partial charge in [0.15, 0.2) is 0 Å². The maximum absolute atomic E-state index is 12.3. The van der Waals surface area contributed by atoms with Crippen molar-refractivity contribution in [3.05, 3.63) is 35.0 Å². The van der Waals surface area contributed by atoms with Gasteiger partial charge in [0.2, 0.25) is 0 Å². The van der Waals surface area contributed by atoms with Gasteiger partial charge in [0, 0.05) is 31.6 Å². The van der Waals surface area contributed by atoms with Gasteiger partial charge in [-0.05, 0) is 38.4 Å². The number of amides is 1. The third-order valence-electron chi connectivity index (χ3n) is 5.32. The molecule has 0 aliphatic carbocycles. The number of aromatic nitrogens is 1. The van der Waals surface area contributed by atoms with Crippen LogP contribution >= 0.6 is 0 Å². The summed E-state index contributed by atoms with van der Waals surface area (Å²) in [5.41, 5.74) is 7.86. The second-order valence-electron chi connectivity index (χ2n) is 6.40. The molecule has 3 aliphatic heterocycles. The molecule has 1 aromatic carbocycles. The van der Waals surface area contributed by atoms with E-state index in [1.165, 1.54) is 12.1 Å². The Morgan fingerprint density at radius 1 is 1.43 bits per heavy atom. The average molecular weight is 284 g/mol. The van der Waals surface area contributed by atoms with E-state index in [0.717, 1.165) is 47.3 Å². The number of nitrogens with zero attached hydrogens (tertiary/aromatic N) is 2. The largest absolute Gasteiger partial charge is 0.356 e. The van der Waals surface area contributed by atoms with Crippen molar-refractivity contribution in [1.29, 1.82) is 0 Å². The molecule has 0 saturated carbocycles. The lowest BCUT2D eigenvalue weighted by Crippen LogP contribution is -2.47. The lowest BCUT2D eigenvalue weighted by Gasteiger charge is -2.39. The highest BCUT2D eigenvalue weighted by atomic mass is 16.2. The number of nitrogens with one attached hydrogen (secondary N) is 2. The summed E-state index contributed by atoms with van der Waals surface area (Å²) in [6.45, 7) is 4.20. The van der Waals surface area contributed by atoms with Crippen LogP contribution in [0.3, 0.4) is 0 Å². The standard InChI is InChI=1S/C16H16N4O.2H2/c1-16-6-3-7-20(16)8-11-13-12-9(15(21)19-18-11)4-2-5-10(12)17-14(13)16;;/h2,4-5,17H,3,6-8H2,1H3,(H,19,21);2*1H/t16-;;/m1../s1. The minimum atomic E-state index is -0.116. The van der Waals surface area contributed by atoms with Crippen molar-refractivity contribution < 1.29 is 7.65 Å². The summed E-state index contributed by atoms with van der Waals surface area (Å²) >= 11 is 0. The number of hydrogen-bond acceptors (Lipinski definition) is 3. The smallest absolute Gasteiger partial charge is 0.272 e. The molecule has 1 atom stereocenters. The Morgan fingerprint density at radius 3 is 3.24 bits per heavy atom. The summed E-state index contributed by atoms with van der Waals surface area (Å²) in [6.07, 6.45) is 2.36. The third-order valence-corrected chi connectivity index (χ3v) is 5.32. The molecule has 1 saturated heterocycles. The van der Waals surface area contributed by atoms with E-state index in [0.29, 0.717) is 0 Å². The minimum Gasteiger partial charge on any atom is -0.356 e. The van der Waals surface area contributed by atoms with Gasteiger partial charge in [0.25, 0.3) is 5.91 Å². The first-order valence-electron chi connectivity index (χ1n) is 7.46. The molecule has 0 bridgehead atoms. The maximum atomic E-state index is 12.3. The highest BCUT2D eigenvalue weighted by molar-refractivity contribution is 6.21. The lowest BCUT2D eigenvalue weighted by molar-refractivity contribution is 0.0956. The zero-order valence-corrected chi connectivity index (χ0v) is 11.9. The van der Waals surface area contributed by atoms with Crippen LogP contribution in [-0.4, -0.2) is 34.6 Å². The highest BCUT2D eigenvalue weighted by Gasteiger charge is 2.46. The fourth-order valence-electron chi connectivity index (χ4n) is 4.21. The van der Waals surface area contributed by atoms with Crippen molar-refractivity contribution in [3.63, 3.8) is 0 Å². The molecule has 110 valence electrons. The van der Waals surface area contributed by atoms with Gasteiger partial charge in [0.1, 0.15) is 0 Å². The van der Waals surface area contributed by atoms with E-state index in [-0.39, 0.29) is 14.3 Å². The Hall–Kier alpha value is -2.14. The van der Waals surface area contributed by atoms with Crippen molar-refractivity contribution in [1.82, 2.24) is 15.3 Å². The Bertz CT molecular complexity index is 844. The zero-order chi connectivity index (χ0) is 14.2. The summed E-state index contributed by atoms with van der Waals surface area (Å²) in [5, 5.41) is 5.43. The molecule has 1 fully saturated rings. The van der Waals surface area contributed by atoms with E-state index in [2.05, 4.69) is 33.4 Å². The summed E-state index contributed by atoms with van der Waals surface area (Å²) in [5.74, 6) is -0.116. The topological polar surface area (TPSA) is 60.5 Å². The van der Waals surface area contributed by atoms with Gasteiger partial charge in [0.05, 0.1) is 16.8 Å². The fraction of sp³-hybridized carbons (Fsp3) is 0.375. The van der Waals surface area contributed by atoms with Crippen LogP contribution in [0, 0.1) is 0 Å². The van der Waals surface area contributed by atoms with E-state index < -0.39 is 0 Å². The monoisotopic (exact) mass is 284 g/mol. The number of aromatic amines is 1. The quantitative estimate of drug-likeness (QED) is 0.780. The van der Waals surface area contributed by atoms with E-state index in [1.54, 1.807) is 0 Å². The molecule has 0 radical (unpaired) electrons. The molecule has 1 amide bonds. The van der Waals surface area contributed by atoms with Gasteiger partial charge in [-0.15, -0.1) is 0 Å². The van der Waals surface area contributed by atoms with Crippen LogP contribution in [0.4, 0.5) is 0 Å². The number of hydrogen-bond donors (Lipinski definition) is 2. The molecule has 4 heterocycles. The fourth-order valence-corrected chi connectivity index (χ4v) is 4.21. The van der Waals surface area contributed by atoms with Gasteiger partial charge >= 0.3 is 0 Å². The molecular weight excluding hydrogens is 264 g/mol. The van der Waals surface area contributed by atoms with Crippen LogP contribution in [-0.2, 0) is 5.54 Å².